The Morgan fingerprint density at radius 2 is 1.48 bits per heavy atom. The molecular formula is C47H57ClN8O8S2. The number of rotatable bonds is 21. The molecule has 0 radical (unpaired) electrons. The van der Waals surface area contributed by atoms with Crippen LogP contribution in [0.25, 0.3) is 21.7 Å². The molecule has 2 heterocycles. The number of carbonyl (C=O) groups is 4. The van der Waals surface area contributed by atoms with Gasteiger partial charge in [0.1, 0.15) is 75.8 Å². The van der Waals surface area contributed by atoms with Crippen LogP contribution in [-0.2, 0) is 29.6 Å². The molecule has 2 aromatic heterocycles. The quantitative estimate of drug-likeness (QED) is 0.0264. The standard InChI is InChI=1S/C47H57ClN8O8S2/c1-9-21-51-39-35(25-49)38(36(26-50)42(56-39)66-28-33-27-65-41(54-33)31-13-17-32(48)18-14-31)30-15-19-34(20-16-30)61-23-24-62-43(58)29(2)53-40(57)37(55-45(60)64-47(6,7)8)12-10-11-22-52-44(59)63-46(3,4)5/h13-20,27,29,37H,9-12,21-24,28H2,1-8H3,(H,51,56)(H,52,59)(H,53,57)(H,55,60). The van der Waals surface area contributed by atoms with E-state index in [-0.39, 0.29) is 30.8 Å². The molecule has 19 heteroatoms. The van der Waals surface area contributed by atoms with E-state index in [0.29, 0.717) is 64.4 Å². The molecule has 0 saturated heterocycles. The van der Waals surface area contributed by atoms with Crippen LogP contribution in [0.1, 0.15) is 97.9 Å². The average molecular weight is 962 g/mol. The topological polar surface area (TPSA) is 227 Å². The Kier molecular flexibility index (Phi) is 19.9. The van der Waals surface area contributed by atoms with Crippen LogP contribution in [0.15, 0.2) is 58.9 Å². The van der Waals surface area contributed by atoms with Gasteiger partial charge in [-0.3, -0.25) is 4.79 Å². The molecule has 0 saturated carbocycles. The van der Waals surface area contributed by atoms with Gasteiger partial charge in [0.25, 0.3) is 0 Å². The maximum absolute atomic E-state index is 13.3. The molecule has 0 spiro atoms. The summed E-state index contributed by atoms with van der Waals surface area (Å²) in [4.78, 5) is 60.3. The van der Waals surface area contributed by atoms with Gasteiger partial charge >= 0.3 is 18.2 Å². The number of thiazole rings is 1. The first-order chi connectivity index (χ1) is 31.3. The Morgan fingerprint density at radius 1 is 0.833 bits per heavy atom. The highest BCUT2D eigenvalue weighted by Gasteiger charge is 2.28. The van der Waals surface area contributed by atoms with Crippen molar-refractivity contribution in [1.82, 2.24) is 25.9 Å². The van der Waals surface area contributed by atoms with Gasteiger partial charge in [-0.05, 0) is 104 Å². The minimum absolute atomic E-state index is 0.0176. The largest absolute Gasteiger partial charge is 0.490 e. The first-order valence-corrected chi connectivity index (χ1v) is 23.7. The normalized spacial score (nSPS) is 12.1. The lowest BCUT2D eigenvalue weighted by Crippen LogP contribution is -2.52. The number of thioether (sulfide) groups is 1. The second-order valence-corrected chi connectivity index (χ2v) is 19.1. The van der Waals surface area contributed by atoms with Crippen LogP contribution in [0.2, 0.25) is 5.02 Å². The lowest BCUT2D eigenvalue weighted by molar-refractivity contribution is -0.148. The Hall–Kier alpha value is -6.08. The van der Waals surface area contributed by atoms with Gasteiger partial charge < -0.3 is 40.2 Å². The summed E-state index contributed by atoms with van der Waals surface area (Å²) in [5, 5.41) is 35.8. The van der Waals surface area contributed by atoms with Crippen LogP contribution in [-0.4, -0.2) is 83.6 Å². The summed E-state index contributed by atoms with van der Waals surface area (Å²) in [5.74, 6) is -0.0705. The van der Waals surface area contributed by atoms with Crippen molar-refractivity contribution in [3.8, 4) is 39.6 Å². The fourth-order valence-corrected chi connectivity index (χ4v) is 7.93. The van der Waals surface area contributed by atoms with Crippen LogP contribution in [0, 0.1) is 22.7 Å². The third kappa shape index (κ3) is 17.0. The van der Waals surface area contributed by atoms with Crippen LogP contribution in [0.4, 0.5) is 15.4 Å². The Bertz CT molecular complexity index is 2370. The number of nitriles is 2. The highest BCUT2D eigenvalue weighted by molar-refractivity contribution is 7.98. The summed E-state index contributed by atoms with van der Waals surface area (Å²) in [6.07, 6.45) is 0.573. The maximum Gasteiger partial charge on any atom is 0.408 e. The highest BCUT2D eigenvalue weighted by Crippen LogP contribution is 2.38. The lowest BCUT2D eigenvalue weighted by Gasteiger charge is -2.24. The average Bonchev–Trinajstić information content (AvgIpc) is 3.73. The predicted octanol–water partition coefficient (Wildman–Crippen LogP) is 9.40. The molecule has 2 atom stereocenters. The van der Waals surface area contributed by atoms with Crippen molar-refractivity contribution in [2.24, 2.45) is 0 Å². The number of halogens is 1. The molecule has 4 N–H and O–H groups in total. The number of benzene rings is 2. The van der Waals surface area contributed by atoms with Crippen LogP contribution < -0.4 is 26.0 Å². The minimum atomic E-state index is -1.06. The van der Waals surface area contributed by atoms with Gasteiger partial charge in [-0.25, -0.2) is 24.4 Å². The number of unbranched alkanes of at least 4 members (excludes halogenated alkanes) is 1. The lowest BCUT2D eigenvalue weighted by atomic mass is 9.96. The van der Waals surface area contributed by atoms with E-state index in [1.165, 1.54) is 30.0 Å². The summed E-state index contributed by atoms with van der Waals surface area (Å²) >= 11 is 8.93. The molecule has 0 fully saturated rings. The fourth-order valence-electron chi connectivity index (χ4n) is 6.00. The molecule has 2 aromatic carbocycles. The molecule has 4 aromatic rings. The number of anilines is 1. The van der Waals surface area contributed by atoms with Gasteiger partial charge in [-0.2, -0.15) is 10.5 Å². The Balaban J connectivity index is 1.36. The zero-order valence-electron chi connectivity index (χ0n) is 38.5. The van der Waals surface area contributed by atoms with E-state index in [1.54, 1.807) is 65.8 Å². The number of carbonyl (C=O) groups excluding carboxylic acids is 4. The van der Waals surface area contributed by atoms with E-state index in [4.69, 9.17) is 40.5 Å². The molecule has 66 heavy (non-hydrogen) atoms. The number of amides is 3. The molecule has 352 valence electrons. The molecule has 0 aliphatic rings. The van der Waals surface area contributed by atoms with Crippen LogP contribution >= 0.6 is 34.7 Å². The smallest absolute Gasteiger partial charge is 0.408 e. The summed E-state index contributed by atoms with van der Waals surface area (Å²) < 4.78 is 21.8. The second kappa shape index (κ2) is 25.0. The maximum atomic E-state index is 13.3. The first kappa shape index (κ1) is 52.5. The second-order valence-electron chi connectivity index (χ2n) is 16.9. The third-order valence-corrected chi connectivity index (χ3v) is 11.2. The Morgan fingerprint density at radius 3 is 2.12 bits per heavy atom. The van der Waals surface area contributed by atoms with Crippen molar-refractivity contribution in [3.05, 3.63) is 75.8 Å². The number of pyridine rings is 1. The van der Waals surface area contributed by atoms with Crippen LogP contribution in [0.3, 0.4) is 0 Å². The number of aromatic nitrogens is 2. The van der Waals surface area contributed by atoms with Crippen molar-refractivity contribution < 1.29 is 38.1 Å². The molecule has 0 aliphatic carbocycles. The van der Waals surface area contributed by atoms with E-state index in [0.717, 1.165) is 22.7 Å². The number of hydrogen-bond acceptors (Lipinski definition) is 15. The van der Waals surface area contributed by atoms with Gasteiger partial charge in [0, 0.05) is 40.4 Å². The fraction of sp³-hybridized carbons (Fsp3) is 0.447. The van der Waals surface area contributed by atoms with E-state index >= 15 is 0 Å². The molecule has 2 unspecified atom stereocenters. The molecule has 3 amide bonds. The van der Waals surface area contributed by atoms with Crippen molar-refractivity contribution >= 4 is 64.6 Å². The number of hydrogen-bond donors (Lipinski definition) is 4. The van der Waals surface area contributed by atoms with E-state index in [1.807, 2.05) is 36.6 Å². The predicted molar refractivity (Wildman–Crippen MR) is 255 cm³/mol. The van der Waals surface area contributed by atoms with Gasteiger partial charge in [0.05, 0.1) is 11.3 Å². The first-order valence-electron chi connectivity index (χ1n) is 21.4. The number of esters is 1. The summed E-state index contributed by atoms with van der Waals surface area (Å²) in [5.41, 5.74) is 1.85. The zero-order valence-corrected chi connectivity index (χ0v) is 40.9. The summed E-state index contributed by atoms with van der Waals surface area (Å²) in [6, 6.07) is 16.8. The number of alkyl carbamates (subject to hydrolysis) is 2. The number of nitrogens with one attached hydrogen (secondary N) is 4. The summed E-state index contributed by atoms with van der Waals surface area (Å²) in [7, 11) is 0. The van der Waals surface area contributed by atoms with Crippen molar-refractivity contribution in [1.29, 1.82) is 10.5 Å². The van der Waals surface area contributed by atoms with Gasteiger partial charge in [-0.1, -0.05) is 54.6 Å². The van der Waals surface area contributed by atoms with E-state index in [9.17, 15) is 29.7 Å². The highest BCUT2D eigenvalue weighted by atomic mass is 35.5. The minimum Gasteiger partial charge on any atom is -0.490 e. The molecule has 0 bridgehead atoms. The number of ether oxygens (including phenoxy) is 4. The van der Waals surface area contributed by atoms with Gasteiger partial charge in [0.15, 0.2) is 0 Å². The molecule has 0 aliphatic heterocycles. The van der Waals surface area contributed by atoms with E-state index in [2.05, 4.69) is 33.4 Å². The van der Waals surface area contributed by atoms with E-state index < -0.39 is 47.3 Å². The zero-order chi connectivity index (χ0) is 48.4. The monoisotopic (exact) mass is 960 g/mol. The molecule has 16 nitrogen and oxygen atoms in total. The Labute approximate surface area is 399 Å². The van der Waals surface area contributed by atoms with Crippen molar-refractivity contribution in [3.63, 3.8) is 0 Å². The SMILES string of the molecule is CCCNc1nc(SCc2csc(-c3ccc(Cl)cc3)n2)c(C#N)c(-c2ccc(OCCOC(=O)C(C)NC(=O)C(CCCCNC(=O)OC(C)(C)C)NC(=O)OC(C)(C)C)cc2)c1C#N. The summed E-state index contributed by atoms with van der Waals surface area (Å²) in [6.45, 7) is 14.5. The van der Waals surface area contributed by atoms with Crippen LogP contribution in [0.5, 0.6) is 5.75 Å². The number of nitrogens with zero attached hydrogens (tertiary/aromatic N) is 4. The van der Waals surface area contributed by atoms with Crippen molar-refractivity contribution in [2.75, 3.05) is 31.6 Å². The van der Waals surface area contributed by atoms with Crippen molar-refractivity contribution in [2.45, 2.75) is 115 Å². The molecule has 4 rings (SSSR count). The van der Waals surface area contributed by atoms with Gasteiger partial charge in [0.2, 0.25) is 5.91 Å². The van der Waals surface area contributed by atoms with Gasteiger partial charge in [-0.15, -0.1) is 11.3 Å². The molecular weight excluding hydrogens is 904 g/mol. The third-order valence-electron chi connectivity index (χ3n) is 8.98.